The Morgan fingerprint density at radius 3 is 2.41 bits per heavy atom. The van der Waals surface area contributed by atoms with Gasteiger partial charge in [0.15, 0.2) is 0 Å². The molecule has 2 bridgehead atoms. The minimum atomic E-state index is -4.71. The highest BCUT2D eigenvalue weighted by molar-refractivity contribution is 6.30. The number of rotatable bonds is 8. The number of fused-ring (bicyclic) bond motifs is 6. The number of carbonyl (C=O) groups is 5. The third kappa shape index (κ3) is 7.52. The average molecular weight is 962 g/mol. The molecular formula is C50H57ClF4N8O5. The molecule has 1 spiro atoms. The quantitative estimate of drug-likeness (QED) is 0.134. The van der Waals surface area contributed by atoms with Crippen molar-refractivity contribution < 1.29 is 41.5 Å². The Labute approximate surface area is 397 Å². The lowest BCUT2D eigenvalue weighted by Gasteiger charge is -2.60. The van der Waals surface area contributed by atoms with Gasteiger partial charge in [-0.3, -0.25) is 39.2 Å². The van der Waals surface area contributed by atoms with Crippen LogP contribution in [0.4, 0.5) is 28.9 Å². The highest BCUT2D eigenvalue weighted by atomic mass is 35.5. The Morgan fingerprint density at radius 2 is 1.74 bits per heavy atom. The van der Waals surface area contributed by atoms with Crippen molar-refractivity contribution in [1.29, 1.82) is 0 Å². The highest BCUT2D eigenvalue weighted by Gasteiger charge is 2.70. The van der Waals surface area contributed by atoms with Crippen molar-refractivity contribution in [1.82, 2.24) is 25.0 Å². The Bertz CT molecular complexity index is 2600. The molecule has 3 saturated heterocycles. The molecule has 68 heavy (non-hydrogen) atoms. The molecule has 2 aromatic carbocycles. The zero-order valence-corrected chi connectivity index (χ0v) is 39.2. The second kappa shape index (κ2) is 16.4. The third-order valence-electron chi connectivity index (χ3n) is 16.6. The number of imide groups is 1. The molecule has 1 aromatic heterocycles. The number of likely N-dealkylation sites (tertiary alicyclic amines) is 2. The monoisotopic (exact) mass is 960 g/mol. The van der Waals surface area contributed by atoms with Crippen LogP contribution in [0.25, 0.3) is 0 Å². The molecule has 3 saturated carbocycles. The average Bonchev–Trinajstić information content (AvgIpc) is 3.93. The molecule has 8 aliphatic rings. The van der Waals surface area contributed by atoms with Crippen molar-refractivity contribution in [3.8, 4) is 0 Å². The first kappa shape index (κ1) is 46.4. The number of carbonyl (C=O) groups excluding carboxylic acids is 5. The molecule has 1 unspecified atom stereocenters. The number of aromatic nitrogens is 1. The maximum atomic E-state index is 16.6. The van der Waals surface area contributed by atoms with Gasteiger partial charge in [0.25, 0.3) is 5.91 Å². The van der Waals surface area contributed by atoms with Crippen LogP contribution >= 0.6 is 11.6 Å². The molecule has 3 aromatic rings. The molecule has 3 aliphatic carbocycles. The summed E-state index contributed by atoms with van der Waals surface area (Å²) in [5, 5.41) is 9.07. The van der Waals surface area contributed by atoms with E-state index in [-0.39, 0.29) is 71.4 Å². The van der Waals surface area contributed by atoms with E-state index in [0.29, 0.717) is 69.2 Å². The predicted molar refractivity (Wildman–Crippen MR) is 245 cm³/mol. The van der Waals surface area contributed by atoms with Gasteiger partial charge in [-0.05, 0) is 111 Å². The molecule has 6 atom stereocenters. The Hall–Kier alpha value is -5.29. The number of hydrogen-bond donors (Lipinski definition) is 4. The summed E-state index contributed by atoms with van der Waals surface area (Å²) < 4.78 is 58.9. The van der Waals surface area contributed by atoms with Gasteiger partial charge in [-0.15, -0.1) is 0 Å². The Morgan fingerprint density at radius 1 is 1.00 bits per heavy atom. The van der Waals surface area contributed by atoms with Crippen LogP contribution in [0.2, 0.25) is 5.02 Å². The summed E-state index contributed by atoms with van der Waals surface area (Å²) in [7, 11) is 0. The van der Waals surface area contributed by atoms with Gasteiger partial charge < -0.3 is 26.2 Å². The number of halogens is 5. The van der Waals surface area contributed by atoms with Gasteiger partial charge in [-0.25, -0.2) is 4.39 Å². The van der Waals surface area contributed by atoms with E-state index in [2.05, 4.69) is 46.6 Å². The lowest BCUT2D eigenvalue weighted by atomic mass is 9.55. The number of hydrogen-bond acceptors (Lipinski definition) is 9. The van der Waals surface area contributed by atoms with Crippen LogP contribution in [0.5, 0.6) is 0 Å². The van der Waals surface area contributed by atoms with Crippen LogP contribution in [0.15, 0.2) is 48.7 Å². The Kier molecular flexibility index (Phi) is 11.2. The number of amides is 5. The number of nitrogens with zero attached hydrogens (tertiary/aromatic N) is 4. The third-order valence-corrected chi connectivity index (χ3v) is 16.9. The topological polar surface area (TPSA) is 170 Å². The van der Waals surface area contributed by atoms with Gasteiger partial charge in [0.05, 0.1) is 11.1 Å². The van der Waals surface area contributed by atoms with E-state index in [9.17, 15) is 37.1 Å². The molecule has 6 heterocycles. The number of piperidine rings is 2. The van der Waals surface area contributed by atoms with Crippen molar-refractivity contribution in [3.63, 3.8) is 0 Å². The normalized spacial score (nSPS) is 31.5. The lowest BCUT2D eigenvalue weighted by Crippen LogP contribution is -2.66. The fourth-order valence-electron chi connectivity index (χ4n) is 13.5. The van der Waals surface area contributed by atoms with Gasteiger partial charge >= 0.3 is 6.18 Å². The number of pyridine rings is 1. The van der Waals surface area contributed by atoms with E-state index < -0.39 is 69.9 Å². The molecule has 6 fully saturated rings. The van der Waals surface area contributed by atoms with Crippen LogP contribution in [-0.4, -0.2) is 98.6 Å². The summed E-state index contributed by atoms with van der Waals surface area (Å²) in [6, 6.07) is 8.85. The van der Waals surface area contributed by atoms with Gasteiger partial charge in [-0.2, -0.15) is 13.2 Å². The van der Waals surface area contributed by atoms with Crippen LogP contribution in [0, 0.1) is 16.6 Å². The van der Waals surface area contributed by atoms with Crippen molar-refractivity contribution in [2.45, 2.75) is 145 Å². The number of benzene rings is 2. The first-order valence-corrected chi connectivity index (χ1v) is 24.2. The number of alkyl halides is 3. The fourth-order valence-corrected chi connectivity index (χ4v) is 13.7. The second-order valence-corrected chi connectivity index (χ2v) is 22.1. The molecule has 362 valence electrons. The van der Waals surface area contributed by atoms with Gasteiger partial charge in [0.2, 0.25) is 23.6 Å². The zero-order valence-electron chi connectivity index (χ0n) is 38.4. The standard InChI is InChI=1S/C50H57ClF4N8O5/c1-46(2,3)22-37-49(26-58-34-21-36(50(53,54)55)57-23-32(34)49)39(31-7-4-8-33(51)40(31)52)41(42(56)65)63(37)48-16-13-47(14-17-48,15-18-48)45(68)61-19-5-6-29(25-61)59-28-9-10-30-27(20-28)24-62(44(30)67)35-11-12-38(64)60-43(35)66/h4,7-10,20-21,23,29,35,37,39,41,58-59H,5-6,11-19,22,24-26H2,1-3H3,(H2,56,65)(H,60,64,66)/t29-,35?,37+,39+,41-,47?,48?,49+/m1/s1. The van der Waals surface area contributed by atoms with Crippen molar-refractivity contribution in [2.24, 2.45) is 16.6 Å². The lowest BCUT2D eigenvalue weighted by molar-refractivity contribution is -0.159. The van der Waals surface area contributed by atoms with Crippen molar-refractivity contribution in [3.05, 3.63) is 87.4 Å². The minimum absolute atomic E-state index is 0.0551. The maximum absolute atomic E-state index is 16.6. The summed E-state index contributed by atoms with van der Waals surface area (Å²) in [6.45, 7) is 7.69. The van der Waals surface area contributed by atoms with E-state index in [4.69, 9.17) is 17.3 Å². The maximum Gasteiger partial charge on any atom is 0.433 e. The number of primary amides is 1. The molecule has 18 heteroatoms. The first-order chi connectivity index (χ1) is 32.1. The fraction of sp³-hybridized carbons (Fsp3) is 0.560. The van der Waals surface area contributed by atoms with E-state index in [1.165, 1.54) is 17.2 Å². The molecule has 0 radical (unpaired) electrons. The van der Waals surface area contributed by atoms with Crippen LogP contribution in [-0.2, 0) is 37.3 Å². The van der Waals surface area contributed by atoms with E-state index in [1.807, 2.05) is 17.0 Å². The minimum Gasteiger partial charge on any atom is -0.384 e. The van der Waals surface area contributed by atoms with Gasteiger partial charge in [-0.1, -0.05) is 44.5 Å². The molecular weight excluding hydrogens is 904 g/mol. The number of anilines is 2. The summed E-state index contributed by atoms with van der Waals surface area (Å²) in [5.41, 5.74) is 5.65. The largest absolute Gasteiger partial charge is 0.433 e. The van der Waals surface area contributed by atoms with Crippen molar-refractivity contribution in [2.75, 3.05) is 30.3 Å². The second-order valence-electron chi connectivity index (χ2n) is 21.7. The SMILES string of the molecule is CC(C)(C)C[C@@H]1N(C23CCC(C(=O)N4CCC[C@@H](Nc5ccc6c(c5)CN(C5CCC(=O)NC5=O)C6=O)C4)(CC2)CC3)[C@@H](C(N)=O)[C@H](c2cccc(Cl)c2F)[C@]12CNc1cc(C(F)(F)F)ncc12. The summed E-state index contributed by atoms with van der Waals surface area (Å²) in [6.07, 6.45) is 2.47. The summed E-state index contributed by atoms with van der Waals surface area (Å²) in [4.78, 5) is 76.5. The highest BCUT2D eigenvalue weighted by Crippen LogP contribution is 2.65. The molecule has 5 amide bonds. The molecule has 5 aliphatic heterocycles. The van der Waals surface area contributed by atoms with Gasteiger partial charge in [0, 0.05) is 95.7 Å². The first-order valence-electron chi connectivity index (χ1n) is 23.8. The van der Waals surface area contributed by atoms with Crippen LogP contribution in [0.1, 0.15) is 130 Å². The van der Waals surface area contributed by atoms with E-state index in [1.54, 1.807) is 18.2 Å². The number of nitrogens with one attached hydrogen (secondary N) is 3. The smallest absolute Gasteiger partial charge is 0.384 e. The molecule has 13 nitrogen and oxygen atoms in total. The van der Waals surface area contributed by atoms with Crippen LogP contribution in [0.3, 0.4) is 0 Å². The van der Waals surface area contributed by atoms with E-state index >= 15 is 4.39 Å². The molecule has 5 N–H and O–H groups in total. The van der Waals surface area contributed by atoms with Crippen molar-refractivity contribution >= 4 is 52.5 Å². The molecule has 11 rings (SSSR count). The number of nitrogens with two attached hydrogens (primary N) is 1. The van der Waals surface area contributed by atoms with Crippen LogP contribution < -0.4 is 21.7 Å². The zero-order chi connectivity index (χ0) is 48.3. The van der Waals surface area contributed by atoms with E-state index in [0.717, 1.165) is 30.2 Å². The van der Waals surface area contributed by atoms with Gasteiger partial charge in [0.1, 0.15) is 17.6 Å². The Balaban J connectivity index is 0.913. The summed E-state index contributed by atoms with van der Waals surface area (Å²) in [5.74, 6) is -3.26. The summed E-state index contributed by atoms with van der Waals surface area (Å²) >= 11 is 6.47. The predicted octanol–water partition coefficient (Wildman–Crippen LogP) is 7.27.